The second kappa shape index (κ2) is 5.12. The summed E-state index contributed by atoms with van der Waals surface area (Å²) in [7, 11) is 1.82. The van der Waals surface area contributed by atoms with E-state index >= 15 is 0 Å². The lowest BCUT2D eigenvalue weighted by atomic mass is 10.3. The lowest BCUT2D eigenvalue weighted by molar-refractivity contribution is -0.140. The van der Waals surface area contributed by atoms with Crippen LogP contribution in [0.15, 0.2) is 39.1 Å². The number of para-hydroxylation sites is 1. The average molecular weight is 322 g/mol. The molecule has 2 aliphatic rings. The minimum absolute atomic E-state index is 0.282. The number of hydrogen-bond donors (Lipinski definition) is 1. The van der Waals surface area contributed by atoms with Crippen molar-refractivity contribution in [3.8, 4) is 0 Å². The van der Waals surface area contributed by atoms with Crippen LogP contribution in [0.4, 0.5) is 10.5 Å². The predicted octanol–water partition coefficient (Wildman–Crippen LogP) is 2.18. The van der Waals surface area contributed by atoms with Crippen LogP contribution in [0, 0.1) is 0 Å². The number of nitrogens with zero attached hydrogens (tertiary/aromatic N) is 2. The molecule has 0 radical (unpaired) electrons. The largest absolute Gasteiger partial charge is 0.480 e. The van der Waals surface area contributed by atoms with Crippen LogP contribution in [0.2, 0.25) is 0 Å². The summed E-state index contributed by atoms with van der Waals surface area (Å²) in [4.78, 5) is 38.7. The Hall–Kier alpha value is -1.93. The third kappa shape index (κ3) is 2.30. The summed E-state index contributed by atoms with van der Waals surface area (Å²) < 4.78 is 0. The van der Waals surface area contributed by atoms with Crippen molar-refractivity contribution in [1.29, 1.82) is 0 Å². The highest BCUT2D eigenvalue weighted by Gasteiger charge is 2.41. The van der Waals surface area contributed by atoms with Gasteiger partial charge in [0.2, 0.25) is 0 Å². The molecule has 0 bridgehead atoms. The van der Waals surface area contributed by atoms with Crippen molar-refractivity contribution < 1.29 is 19.5 Å². The first kappa shape index (κ1) is 14.0. The van der Waals surface area contributed by atoms with Crippen molar-refractivity contribution >= 4 is 46.3 Å². The molecular formula is C13H10N2O4S2. The Bertz CT molecular complexity index is 701. The fourth-order valence-electron chi connectivity index (χ4n) is 2.10. The van der Waals surface area contributed by atoms with E-state index in [1.165, 1.54) is 11.8 Å². The Morgan fingerprint density at radius 2 is 1.95 bits per heavy atom. The van der Waals surface area contributed by atoms with Gasteiger partial charge in [-0.15, -0.1) is 0 Å². The molecule has 1 saturated heterocycles. The molecule has 0 spiro atoms. The molecule has 8 heteroatoms. The number of benzene rings is 1. The molecule has 1 fully saturated rings. The molecule has 0 unspecified atom stereocenters. The number of aliphatic carboxylic acids is 1. The smallest absolute Gasteiger partial charge is 0.323 e. The van der Waals surface area contributed by atoms with Crippen LogP contribution in [0.25, 0.3) is 0 Å². The number of carbonyl (C=O) groups is 3. The topological polar surface area (TPSA) is 77.9 Å². The number of hydrogen-bond acceptors (Lipinski definition) is 6. The third-order valence-electron chi connectivity index (χ3n) is 3.07. The summed E-state index contributed by atoms with van der Waals surface area (Å²) in [5.41, 5.74) is 0.961. The maximum Gasteiger partial charge on any atom is 0.323 e. The van der Waals surface area contributed by atoms with Gasteiger partial charge < -0.3 is 10.0 Å². The number of anilines is 1. The maximum absolute atomic E-state index is 12.3. The van der Waals surface area contributed by atoms with Crippen molar-refractivity contribution in [3.63, 3.8) is 0 Å². The molecule has 0 saturated carbocycles. The van der Waals surface area contributed by atoms with Gasteiger partial charge in [-0.1, -0.05) is 23.9 Å². The van der Waals surface area contributed by atoms with Crippen LogP contribution in [0.1, 0.15) is 0 Å². The van der Waals surface area contributed by atoms with Gasteiger partial charge in [-0.05, 0) is 23.9 Å². The maximum atomic E-state index is 12.3. The first-order valence-electron chi connectivity index (χ1n) is 5.99. The minimum Gasteiger partial charge on any atom is -0.480 e. The Labute approximate surface area is 128 Å². The Morgan fingerprint density at radius 3 is 2.62 bits per heavy atom. The number of carbonyl (C=O) groups excluding carboxylic acids is 2. The van der Waals surface area contributed by atoms with Gasteiger partial charge in [-0.25, -0.2) is 0 Å². The van der Waals surface area contributed by atoms with Gasteiger partial charge in [0.25, 0.3) is 11.1 Å². The van der Waals surface area contributed by atoms with Crippen LogP contribution in [-0.4, -0.2) is 40.7 Å². The van der Waals surface area contributed by atoms with E-state index < -0.39 is 23.7 Å². The molecule has 21 heavy (non-hydrogen) atoms. The molecule has 2 aliphatic heterocycles. The molecule has 3 rings (SSSR count). The standard InChI is InChI=1S/C13H10N2O4S2/c1-14-7-4-2-3-5-8(7)20-12(14)10-11(18)15(6-9(16)17)13(19)21-10/h2-5H,6H2,1H3,(H,16,17). The third-order valence-corrected chi connectivity index (χ3v) is 5.41. The van der Waals surface area contributed by atoms with E-state index in [4.69, 9.17) is 5.11 Å². The van der Waals surface area contributed by atoms with E-state index in [9.17, 15) is 14.4 Å². The summed E-state index contributed by atoms with van der Waals surface area (Å²) in [6.45, 7) is -0.608. The fourth-order valence-corrected chi connectivity index (χ4v) is 4.28. The summed E-state index contributed by atoms with van der Waals surface area (Å²) in [5, 5.41) is 8.88. The van der Waals surface area contributed by atoms with Gasteiger partial charge in [-0.2, -0.15) is 0 Å². The molecule has 1 N–H and O–H groups in total. The number of fused-ring (bicyclic) bond motifs is 1. The first-order chi connectivity index (χ1) is 9.99. The number of carboxylic acids is 1. The van der Waals surface area contributed by atoms with E-state index in [2.05, 4.69) is 0 Å². The molecule has 1 aromatic carbocycles. The van der Waals surface area contributed by atoms with E-state index in [1.807, 2.05) is 36.2 Å². The van der Waals surface area contributed by atoms with Crippen LogP contribution in [0.5, 0.6) is 0 Å². The summed E-state index contributed by atoms with van der Waals surface area (Å²) in [6.07, 6.45) is 0. The normalized spacial score (nSPS) is 21.2. The van der Waals surface area contributed by atoms with Crippen LogP contribution in [0.3, 0.4) is 0 Å². The molecular weight excluding hydrogens is 312 g/mol. The molecule has 2 heterocycles. The number of carboxylic acid groups (broad SMARTS) is 1. The summed E-state index contributed by atoms with van der Waals surface area (Å²) >= 11 is 2.19. The first-order valence-corrected chi connectivity index (χ1v) is 7.62. The van der Waals surface area contributed by atoms with Crippen molar-refractivity contribution in [1.82, 2.24) is 4.90 Å². The van der Waals surface area contributed by atoms with Gasteiger partial charge in [0.1, 0.15) is 11.4 Å². The molecule has 108 valence electrons. The SMILES string of the molecule is CN1C(=C2SC(=O)N(CC(=O)O)C2=O)Sc2ccccc21. The highest BCUT2D eigenvalue weighted by Crippen LogP contribution is 2.49. The molecule has 0 aliphatic carbocycles. The van der Waals surface area contributed by atoms with Gasteiger partial charge in [0.05, 0.1) is 10.7 Å². The van der Waals surface area contributed by atoms with E-state index in [0.717, 1.165) is 27.2 Å². The molecule has 0 atom stereocenters. The Balaban J connectivity index is 1.97. The molecule has 6 nitrogen and oxygen atoms in total. The second-order valence-electron chi connectivity index (χ2n) is 4.42. The van der Waals surface area contributed by atoms with E-state index in [-0.39, 0.29) is 4.91 Å². The molecule has 2 amide bonds. The van der Waals surface area contributed by atoms with Crippen LogP contribution < -0.4 is 4.90 Å². The molecule has 1 aromatic rings. The van der Waals surface area contributed by atoms with E-state index in [0.29, 0.717) is 5.03 Å². The van der Waals surface area contributed by atoms with Crippen LogP contribution in [-0.2, 0) is 9.59 Å². The van der Waals surface area contributed by atoms with Crippen molar-refractivity contribution in [2.24, 2.45) is 0 Å². The van der Waals surface area contributed by atoms with Gasteiger partial charge in [0.15, 0.2) is 0 Å². The van der Waals surface area contributed by atoms with Crippen molar-refractivity contribution in [3.05, 3.63) is 34.2 Å². The lowest BCUT2D eigenvalue weighted by Crippen LogP contribution is -2.33. The van der Waals surface area contributed by atoms with Crippen LogP contribution >= 0.6 is 23.5 Å². The zero-order chi connectivity index (χ0) is 15.1. The average Bonchev–Trinajstić information content (AvgIpc) is 2.91. The number of imide groups is 1. The number of rotatable bonds is 2. The monoisotopic (exact) mass is 322 g/mol. The summed E-state index contributed by atoms with van der Waals surface area (Å²) in [6, 6.07) is 7.66. The number of amides is 2. The predicted molar refractivity (Wildman–Crippen MR) is 80.1 cm³/mol. The van der Waals surface area contributed by atoms with Gasteiger partial charge >= 0.3 is 5.97 Å². The number of thioether (sulfide) groups is 2. The highest BCUT2D eigenvalue weighted by atomic mass is 32.2. The molecule has 0 aromatic heterocycles. The quantitative estimate of drug-likeness (QED) is 0.836. The highest BCUT2D eigenvalue weighted by molar-refractivity contribution is 8.19. The van der Waals surface area contributed by atoms with Gasteiger partial charge in [0, 0.05) is 11.9 Å². The van der Waals surface area contributed by atoms with Crippen molar-refractivity contribution in [2.75, 3.05) is 18.5 Å². The van der Waals surface area contributed by atoms with E-state index in [1.54, 1.807) is 0 Å². The van der Waals surface area contributed by atoms with Crippen molar-refractivity contribution in [2.45, 2.75) is 4.90 Å². The second-order valence-corrected chi connectivity index (χ2v) is 6.41. The lowest BCUT2D eigenvalue weighted by Gasteiger charge is -2.14. The Kier molecular flexibility index (Phi) is 3.42. The fraction of sp³-hybridized carbons (Fsp3) is 0.154. The minimum atomic E-state index is -1.21. The zero-order valence-corrected chi connectivity index (χ0v) is 12.5. The zero-order valence-electron chi connectivity index (χ0n) is 10.9. The van der Waals surface area contributed by atoms with Gasteiger partial charge in [-0.3, -0.25) is 19.3 Å². The Morgan fingerprint density at radius 1 is 1.24 bits per heavy atom. The summed E-state index contributed by atoms with van der Waals surface area (Å²) in [5.74, 6) is -1.76.